The molecule has 0 amide bonds. The van der Waals surface area contributed by atoms with Crippen molar-refractivity contribution in [2.45, 2.75) is 51.6 Å². The lowest BCUT2D eigenvalue weighted by Gasteiger charge is -2.17. The zero-order chi connectivity index (χ0) is 11.1. The van der Waals surface area contributed by atoms with Gasteiger partial charge in [0.1, 0.15) is 11.6 Å². The monoisotopic (exact) mass is 208 g/mol. The molecule has 0 saturated heterocycles. The van der Waals surface area contributed by atoms with Crippen molar-refractivity contribution in [1.82, 2.24) is 20.1 Å². The molecule has 1 saturated carbocycles. The Morgan fingerprint density at radius 2 is 2.00 bits per heavy atom. The minimum Gasteiger partial charge on any atom is -0.317 e. The van der Waals surface area contributed by atoms with Crippen LogP contribution in [0.1, 0.15) is 45.3 Å². The van der Waals surface area contributed by atoms with E-state index in [1.165, 1.54) is 12.8 Å². The second-order valence-corrected chi connectivity index (χ2v) is 5.40. The number of rotatable bonds is 3. The highest BCUT2D eigenvalue weighted by Crippen LogP contribution is 2.21. The maximum absolute atomic E-state index is 4.26. The van der Waals surface area contributed by atoms with E-state index in [-0.39, 0.29) is 5.41 Å². The van der Waals surface area contributed by atoms with Crippen LogP contribution in [0.15, 0.2) is 0 Å². The van der Waals surface area contributed by atoms with Gasteiger partial charge in [-0.3, -0.25) is 0 Å². The molecule has 1 heterocycles. The second-order valence-electron chi connectivity index (χ2n) is 5.40. The molecule has 84 valence electrons. The van der Waals surface area contributed by atoms with Gasteiger partial charge in [-0.15, -0.1) is 10.2 Å². The zero-order valence-corrected chi connectivity index (χ0v) is 10.0. The van der Waals surface area contributed by atoms with Gasteiger partial charge in [0, 0.05) is 18.5 Å². The van der Waals surface area contributed by atoms with Crippen LogP contribution in [0, 0.1) is 0 Å². The first-order chi connectivity index (χ1) is 6.98. The summed E-state index contributed by atoms with van der Waals surface area (Å²) in [5.41, 5.74) is 0.0690. The van der Waals surface area contributed by atoms with E-state index >= 15 is 0 Å². The summed E-state index contributed by atoms with van der Waals surface area (Å²) in [7, 11) is 2.05. The average Bonchev–Trinajstić information content (AvgIpc) is 2.86. The van der Waals surface area contributed by atoms with Gasteiger partial charge in [0.2, 0.25) is 0 Å². The summed E-state index contributed by atoms with van der Waals surface area (Å²) in [6.45, 7) is 7.32. The summed E-state index contributed by atoms with van der Waals surface area (Å²) in [5, 5.41) is 11.9. The van der Waals surface area contributed by atoms with Gasteiger partial charge in [-0.2, -0.15) is 0 Å². The fourth-order valence-corrected chi connectivity index (χ4v) is 1.69. The molecule has 1 aromatic heterocycles. The lowest BCUT2D eigenvalue weighted by molar-refractivity contribution is 0.513. The van der Waals surface area contributed by atoms with Gasteiger partial charge in [0.25, 0.3) is 0 Å². The van der Waals surface area contributed by atoms with Crippen LogP contribution < -0.4 is 5.32 Å². The lowest BCUT2D eigenvalue weighted by Crippen LogP contribution is -2.21. The topological polar surface area (TPSA) is 42.7 Å². The van der Waals surface area contributed by atoms with E-state index < -0.39 is 0 Å². The van der Waals surface area contributed by atoms with Crippen LogP contribution in [0.3, 0.4) is 0 Å². The summed E-state index contributed by atoms with van der Waals surface area (Å²) in [6.07, 6.45) is 2.62. The van der Waals surface area contributed by atoms with Crippen molar-refractivity contribution >= 4 is 0 Å². The van der Waals surface area contributed by atoms with Crippen LogP contribution in [0.4, 0.5) is 0 Å². The predicted octanol–water partition coefficient (Wildman–Crippen LogP) is 1.36. The molecule has 1 aliphatic rings. The van der Waals surface area contributed by atoms with E-state index in [4.69, 9.17) is 0 Å². The largest absolute Gasteiger partial charge is 0.317 e. The summed E-state index contributed by atoms with van der Waals surface area (Å²) in [4.78, 5) is 0. The maximum Gasteiger partial charge on any atom is 0.146 e. The molecule has 0 aromatic carbocycles. The molecule has 0 bridgehead atoms. The van der Waals surface area contributed by atoms with E-state index in [1.54, 1.807) is 0 Å². The third-order valence-electron chi connectivity index (χ3n) is 2.76. The minimum atomic E-state index is 0.0690. The predicted molar refractivity (Wildman–Crippen MR) is 59.6 cm³/mol. The zero-order valence-electron chi connectivity index (χ0n) is 10.0. The van der Waals surface area contributed by atoms with Crippen LogP contribution in [0.25, 0.3) is 0 Å². The first-order valence-electron chi connectivity index (χ1n) is 5.60. The molecule has 2 rings (SSSR count). The summed E-state index contributed by atoms with van der Waals surface area (Å²) >= 11 is 0. The first kappa shape index (κ1) is 10.6. The highest BCUT2D eigenvalue weighted by Gasteiger charge is 2.24. The quantitative estimate of drug-likeness (QED) is 0.815. The Balaban J connectivity index is 2.08. The van der Waals surface area contributed by atoms with Crippen molar-refractivity contribution in [3.8, 4) is 0 Å². The molecule has 1 aromatic rings. The normalized spacial score (nSPS) is 17.1. The van der Waals surface area contributed by atoms with Crippen molar-refractivity contribution in [3.63, 3.8) is 0 Å². The maximum atomic E-state index is 4.26. The Morgan fingerprint density at radius 3 is 2.47 bits per heavy atom. The van der Waals surface area contributed by atoms with Gasteiger partial charge in [-0.1, -0.05) is 20.8 Å². The number of hydrogen-bond donors (Lipinski definition) is 1. The molecule has 1 N–H and O–H groups in total. The molecule has 4 nitrogen and oxygen atoms in total. The molecule has 0 unspecified atom stereocenters. The fraction of sp³-hybridized carbons (Fsp3) is 0.818. The number of nitrogens with zero attached hydrogens (tertiary/aromatic N) is 3. The Labute approximate surface area is 91.1 Å². The van der Waals surface area contributed by atoms with Gasteiger partial charge >= 0.3 is 0 Å². The Bertz CT molecular complexity index is 344. The molecule has 15 heavy (non-hydrogen) atoms. The summed E-state index contributed by atoms with van der Waals surface area (Å²) < 4.78 is 2.11. The van der Waals surface area contributed by atoms with Crippen molar-refractivity contribution in [2.24, 2.45) is 7.05 Å². The molecule has 4 heteroatoms. The smallest absolute Gasteiger partial charge is 0.146 e. The molecule has 1 fully saturated rings. The third-order valence-corrected chi connectivity index (χ3v) is 2.76. The third kappa shape index (κ3) is 2.37. The van der Waals surface area contributed by atoms with Crippen LogP contribution in [0.2, 0.25) is 0 Å². The highest BCUT2D eigenvalue weighted by molar-refractivity contribution is 5.05. The molecule has 0 atom stereocenters. The van der Waals surface area contributed by atoms with E-state index in [0.29, 0.717) is 0 Å². The molecule has 0 aliphatic heterocycles. The van der Waals surface area contributed by atoms with Crippen molar-refractivity contribution in [3.05, 3.63) is 11.6 Å². The van der Waals surface area contributed by atoms with Crippen LogP contribution in [-0.2, 0) is 19.0 Å². The van der Waals surface area contributed by atoms with Gasteiger partial charge in [-0.05, 0) is 12.8 Å². The minimum absolute atomic E-state index is 0.0690. The first-order valence-corrected chi connectivity index (χ1v) is 5.60. The molecule has 0 radical (unpaired) electrons. The lowest BCUT2D eigenvalue weighted by atomic mass is 9.96. The number of aromatic nitrogens is 3. The Kier molecular flexibility index (Phi) is 2.54. The molecule has 1 aliphatic carbocycles. The Hall–Kier alpha value is -0.900. The van der Waals surface area contributed by atoms with Gasteiger partial charge in [-0.25, -0.2) is 0 Å². The van der Waals surface area contributed by atoms with E-state index in [9.17, 15) is 0 Å². The molecular formula is C11H20N4. The number of nitrogens with one attached hydrogen (secondary N) is 1. The van der Waals surface area contributed by atoms with E-state index in [1.807, 2.05) is 7.05 Å². The summed E-state index contributed by atoms with van der Waals surface area (Å²) in [6, 6.07) is 0.722. The van der Waals surface area contributed by atoms with E-state index in [2.05, 4.69) is 40.9 Å². The Morgan fingerprint density at radius 1 is 1.33 bits per heavy atom. The van der Waals surface area contributed by atoms with Crippen LogP contribution in [0.5, 0.6) is 0 Å². The van der Waals surface area contributed by atoms with Crippen LogP contribution >= 0.6 is 0 Å². The van der Waals surface area contributed by atoms with Crippen molar-refractivity contribution in [2.75, 3.05) is 0 Å². The standard InChI is InChI=1S/C11H20N4/c1-11(2,3)10-14-13-9(15(10)4)7-12-8-5-6-8/h8,12H,5-7H2,1-4H3. The van der Waals surface area contributed by atoms with Crippen molar-refractivity contribution < 1.29 is 0 Å². The molecule has 0 spiro atoms. The van der Waals surface area contributed by atoms with Gasteiger partial charge < -0.3 is 9.88 Å². The highest BCUT2D eigenvalue weighted by atomic mass is 15.3. The summed E-state index contributed by atoms with van der Waals surface area (Å²) in [5.74, 6) is 2.09. The average molecular weight is 208 g/mol. The number of hydrogen-bond acceptors (Lipinski definition) is 3. The van der Waals surface area contributed by atoms with Crippen molar-refractivity contribution in [1.29, 1.82) is 0 Å². The van der Waals surface area contributed by atoms with Gasteiger partial charge in [0.15, 0.2) is 0 Å². The molecular weight excluding hydrogens is 188 g/mol. The SMILES string of the molecule is Cn1c(CNC2CC2)nnc1C(C)(C)C. The fourth-order valence-electron chi connectivity index (χ4n) is 1.69. The van der Waals surface area contributed by atoms with E-state index in [0.717, 1.165) is 24.2 Å². The van der Waals surface area contributed by atoms with Gasteiger partial charge in [0.05, 0.1) is 6.54 Å². The second kappa shape index (κ2) is 3.59. The van der Waals surface area contributed by atoms with Crippen LogP contribution in [-0.4, -0.2) is 20.8 Å².